The first-order chi connectivity index (χ1) is 8.72. The van der Waals surface area contributed by atoms with Crippen molar-refractivity contribution in [1.29, 1.82) is 0 Å². The molecule has 0 saturated heterocycles. The quantitative estimate of drug-likeness (QED) is 0.711. The zero-order valence-corrected chi connectivity index (χ0v) is 11.9. The summed E-state index contributed by atoms with van der Waals surface area (Å²) in [5, 5.41) is 6.25. The maximum absolute atomic E-state index is 11.8. The Morgan fingerprint density at radius 2 is 2.06 bits per heavy atom. The third-order valence-corrected chi connectivity index (χ3v) is 3.26. The molecule has 0 fully saturated rings. The van der Waals surface area contributed by atoms with Crippen molar-refractivity contribution >= 4 is 23.4 Å². The van der Waals surface area contributed by atoms with Crippen LogP contribution in [-0.4, -0.2) is 30.5 Å². The number of carbonyl (C=O) groups excluding carboxylic acids is 1. The molecule has 100 valence electrons. The molecule has 1 rings (SSSR count). The molecule has 0 heterocycles. The molecule has 1 atom stereocenters. The monoisotopic (exact) mass is 266 g/mol. The zero-order valence-electron chi connectivity index (χ0n) is 11.1. The average Bonchev–Trinajstić information content (AvgIpc) is 2.35. The fourth-order valence-electron chi connectivity index (χ4n) is 1.65. The summed E-state index contributed by atoms with van der Waals surface area (Å²) in [6, 6.07) is 9.78. The Morgan fingerprint density at radius 3 is 2.72 bits per heavy atom. The van der Waals surface area contributed by atoms with Gasteiger partial charge in [-0.05, 0) is 44.0 Å². The van der Waals surface area contributed by atoms with Gasteiger partial charge in [0.2, 0.25) is 5.91 Å². The summed E-state index contributed by atoms with van der Waals surface area (Å²) in [5.41, 5.74) is 0.858. The molecule has 0 aromatic heterocycles. The van der Waals surface area contributed by atoms with E-state index in [-0.39, 0.29) is 11.9 Å². The highest BCUT2D eigenvalue weighted by atomic mass is 32.2. The standard InChI is InChI=1S/C14H22N2OS/c1-12(15-9-6-10-18-2)11-14(17)16-13-7-4-3-5-8-13/h3-5,7-8,12,15H,6,9-11H2,1-2H3,(H,16,17). The number of carbonyl (C=O) groups is 1. The lowest BCUT2D eigenvalue weighted by Crippen LogP contribution is -2.31. The summed E-state index contributed by atoms with van der Waals surface area (Å²) in [4.78, 5) is 11.8. The van der Waals surface area contributed by atoms with E-state index in [2.05, 4.69) is 16.9 Å². The van der Waals surface area contributed by atoms with Crippen molar-refractivity contribution in [3.8, 4) is 0 Å². The third kappa shape index (κ3) is 6.67. The SMILES string of the molecule is CSCCCNC(C)CC(=O)Nc1ccccc1. The van der Waals surface area contributed by atoms with Crippen molar-refractivity contribution in [2.45, 2.75) is 25.8 Å². The van der Waals surface area contributed by atoms with Crippen LogP contribution in [-0.2, 0) is 4.79 Å². The van der Waals surface area contributed by atoms with Gasteiger partial charge in [-0.15, -0.1) is 0 Å². The number of para-hydroxylation sites is 1. The average molecular weight is 266 g/mol. The van der Waals surface area contributed by atoms with E-state index in [1.54, 1.807) is 0 Å². The maximum Gasteiger partial charge on any atom is 0.225 e. The molecule has 18 heavy (non-hydrogen) atoms. The minimum Gasteiger partial charge on any atom is -0.326 e. The van der Waals surface area contributed by atoms with Crippen LogP contribution in [0.2, 0.25) is 0 Å². The van der Waals surface area contributed by atoms with Crippen LogP contribution in [0.15, 0.2) is 30.3 Å². The highest BCUT2D eigenvalue weighted by Gasteiger charge is 2.08. The van der Waals surface area contributed by atoms with Crippen LogP contribution < -0.4 is 10.6 Å². The largest absolute Gasteiger partial charge is 0.326 e. The summed E-state index contributed by atoms with van der Waals surface area (Å²) < 4.78 is 0. The van der Waals surface area contributed by atoms with Gasteiger partial charge in [0.15, 0.2) is 0 Å². The second-order valence-corrected chi connectivity index (χ2v) is 5.31. The van der Waals surface area contributed by atoms with Gasteiger partial charge in [0, 0.05) is 18.2 Å². The summed E-state index contributed by atoms with van der Waals surface area (Å²) in [5.74, 6) is 1.22. The fraction of sp³-hybridized carbons (Fsp3) is 0.500. The van der Waals surface area contributed by atoms with Crippen LogP contribution >= 0.6 is 11.8 Å². The molecule has 0 spiro atoms. The molecular formula is C14H22N2OS. The van der Waals surface area contributed by atoms with Gasteiger partial charge in [0.25, 0.3) is 0 Å². The van der Waals surface area contributed by atoms with Crippen LogP contribution in [0.4, 0.5) is 5.69 Å². The van der Waals surface area contributed by atoms with Crippen LogP contribution in [0.25, 0.3) is 0 Å². The van der Waals surface area contributed by atoms with Crippen molar-refractivity contribution in [3.63, 3.8) is 0 Å². The Balaban J connectivity index is 2.19. The van der Waals surface area contributed by atoms with Crippen LogP contribution in [0.3, 0.4) is 0 Å². The minimum absolute atomic E-state index is 0.0612. The zero-order chi connectivity index (χ0) is 13.2. The first kappa shape index (κ1) is 15.1. The van der Waals surface area contributed by atoms with Gasteiger partial charge < -0.3 is 10.6 Å². The lowest BCUT2D eigenvalue weighted by Gasteiger charge is -2.13. The lowest BCUT2D eigenvalue weighted by molar-refractivity contribution is -0.116. The highest BCUT2D eigenvalue weighted by molar-refractivity contribution is 7.98. The predicted octanol–water partition coefficient (Wildman–Crippen LogP) is 2.75. The Bertz CT molecular complexity index is 343. The summed E-state index contributed by atoms with van der Waals surface area (Å²) in [7, 11) is 0. The van der Waals surface area contributed by atoms with Crippen molar-refractivity contribution in [3.05, 3.63) is 30.3 Å². The fourth-order valence-corrected chi connectivity index (χ4v) is 2.08. The molecule has 2 N–H and O–H groups in total. The first-order valence-corrected chi connectivity index (χ1v) is 7.69. The molecule has 1 amide bonds. The normalized spacial score (nSPS) is 12.1. The van der Waals surface area contributed by atoms with Gasteiger partial charge in [-0.25, -0.2) is 0 Å². The van der Waals surface area contributed by atoms with E-state index in [1.165, 1.54) is 0 Å². The summed E-state index contributed by atoms with van der Waals surface area (Å²) >= 11 is 1.85. The Morgan fingerprint density at radius 1 is 1.33 bits per heavy atom. The van der Waals surface area contributed by atoms with E-state index >= 15 is 0 Å². The maximum atomic E-state index is 11.8. The van der Waals surface area contributed by atoms with Crippen LogP contribution in [0.1, 0.15) is 19.8 Å². The van der Waals surface area contributed by atoms with E-state index in [0.717, 1.165) is 24.4 Å². The van der Waals surface area contributed by atoms with E-state index in [1.807, 2.05) is 49.0 Å². The number of anilines is 1. The molecule has 1 aromatic carbocycles. The Labute approximate surface area is 114 Å². The molecule has 0 aliphatic heterocycles. The number of thioether (sulfide) groups is 1. The van der Waals surface area contributed by atoms with Gasteiger partial charge >= 0.3 is 0 Å². The van der Waals surface area contributed by atoms with Gasteiger partial charge in [-0.1, -0.05) is 18.2 Å². The first-order valence-electron chi connectivity index (χ1n) is 6.29. The van der Waals surface area contributed by atoms with E-state index < -0.39 is 0 Å². The topological polar surface area (TPSA) is 41.1 Å². The molecule has 0 bridgehead atoms. The predicted molar refractivity (Wildman–Crippen MR) is 80.2 cm³/mol. The molecule has 0 aliphatic carbocycles. The van der Waals surface area contributed by atoms with E-state index in [9.17, 15) is 4.79 Å². The molecule has 4 heteroatoms. The van der Waals surface area contributed by atoms with Crippen molar-refractivity contribution < 1.29 is 4.79 Å². The van der Waals surface area contributed by atoms with Crippen molar-refractivity contribution in [2.75, 3.05) is 23.9 Å². The molecule has 0 aliphatic rings. The number of amides is 1. The number of nitrogens with one attached hydrogen (secondary N) is 2. The Kier molecular flexibility index (Phi) is 7.53. The number of hydrogen-bond donors (Lipinski definition) is 2. The van der Waals surface area contributed by atoms with Crippen molar-refractivity contribution in [1.82, 2.24) is 5.32 Å². The summed E-state index contributed by atoms with van der Waals surface area (Å²) in [6.45, 7) is 3.02. The second-order valence-electron chi connectivity index (χ2n) is 4.32. The smallest absolute Gasteiger partial charge is 0.225 e. The minimum atomic E-state index is 0.0612. The lowest BCUT2D eigenvalue weighted by atomic mass is 10.2. The Hall–Kier alpha value is -1.00. The second kappa shape index (κ2) is 9.00. The van der Waals surface area contributed by atoms with Gasteiger partial charge in [0.05, 0.1) is 0 Å². The van der Waals surface area contributed by atoms with E-state index in [4.69, 9.17) is 0 Å². The van der Waals surface area contributed by atoms with Gasteiger partial charge in [-0.3, -0.25) is 4.79 Å². The molecule has 0 saturated carbocycles. The molecule has 1 aromatic rings. The highest BCUT2D eigenvalue weighted by Crippen LogP contribution is 2.06. The van der Waals surface area contributed by atoms with Gasteiger partial charge in [-0.2, -0.15) is 11.8 Å². The van der Waals surface area contributed by atoms with Crippen LogP contribution in [0.5, 0.6) is 0 Å². The number of rotatable bonds is 8. The number of hydrogen-bond acceptors (Lipinski definition) is 3. The molecule has 1 unspecified atom stereocenters. The van der Waals surface area contributed by atoms with Crippen molar-refractivity contribution in [2.24, 2.45) is 0 Å². The molecular weight excluding hydrogens is 244 g/mol. The molecule has 0 radical (unpaired) electrons. The number of benzene rings is 1. The summed E-state index contributed by atoms with van der Waals surface area (Å²) in [6.07, 6.45) is 3.76. The van der Waals surface area contributed by atoms with Crippen LogP contribution in [0, 0.1) is 0 Å². The van der Waals surface area contributed by atoms with Gasteiger partial charge in [0.1, 0.15) is 0 Å². The molecule has 3 nitrogen and oxygen atoms in total. The third-order valence-electron chi connectivity index (χ3n) is 2.57. The van der Waals surface area contributed by atoms with E-state index in [0.29, 0.717) is 6.42 Å².